The summed E-state index contributed by atoms with van der Waals surface area (Å²) in [5, 5.41) is 11.4. The highest BCUT2D eigenvalue weighted by Gasteiger charge is 2.29. The first-order valence-electron chi connectivity index (χ1n) is 9.27. The van der Waals surface area contributed by atoms with Gasteiger partial charge in [0.05, 0.1) is 27.4 Å². The number of ketones is 1. The van der Waals surface area contributed by atoms with Gasteiger partial charge in [-0.3, -0.25) is 19.4 Å². The number of aromatic nitrogens is 1. The number of aromatic carboxylic acids is 1. The number of nitrogens with zero attached hydrogens (tertiary/aromatic N) is 1. The van der Waals surface area contributed by atoms with Gasteiger partial charge in [0.1, 0.15) is 5.82 Å². The van der Waals surface area contributed by atoms with E-state index in [2.05, 4.69) is 10.3 Å². The second-order valence-electron chi connectivity index (χ2n) is 6.69. The highest BCUT2D eigenvalue weighted by molar-refractivity contribution is 6.36. The Labute approximate surface area is 191 Å². The molecule has 4 rings (SSSR count). The highest BCUT2D eigenvalue weighted by Crippen LogP contribution is 2.28. The molecule has 0 saturated carbocycles. The third-order valence-electron chi connectivity index (χ3n) is 4.45. The summed E-state index contributed by atoms with van der Waals surface area (Å²) < 4.78 is 13.2. The molecular formula is C23H15ClFN3O5. The van der Waals surface area contributed by atoms with E-state index in [-0.39, 0.29) is 27.4 Å². The Kier molecular flexibility index (Phi) is 6.94. The van der Waals surface area contributed by atoms with Gasteiger partial charge >= 0.3 is 5.97 Å². The van der Waals surface area contributed by atoms with Crippen molar-refractivity contribution >= 4 is 46.9 Å². The summed E-state index contributed by atoms with van der Waals surface area (Å²) in [5.74, 6) is -3.48. The van der Waals surface area contributed by atoms with E-state index in [0.717, 1.165) is 6.07 Å². The molecular weight excluding hydrogens is 453 g/mol. The van der Waals surface area contributed by atoms with Gasteiger partial charge in [-0.15, -0.1) is 0 Å². The SMILES string of the molecule is NC(=O)c1cccnc1.O=C1Nc2ccc(C(=O)O)cc2C(=O)/C1=C/c1ccc(F)c(Cl)c1. The lowest BCUT2D eigenvalue weighted by Crippen LogP contribution is -2.27. The number of hydrogen-bond acceptors (Lipinski definition) is 5. The van der Waals surface area contributed by atoms with Crippen LogP contribution in [0.5, 0.6) is 0 Å². The predicted molar refractivity (Wildman–Crippen MR) is 119 cm³/mol. The molecule has 2 aromatic carbocycles. The molecule has 1 aliphatic rings. The molecule has 3 aromatic rings. The van der Waals surface area contributed by atoms with E-state index in [0.29, 0.717) is 11.1 Å². The van der Waals surface area contributed by atoms with Crippen molar-refractivity contribution in [1.82, 2.24) is 4.98 Å². The van der Waals surface area contributed by atoms with Gasteiger partial charge in [0, 0.05) is 18.0 Å². The minimum absolute atomic E-state index is 0.0672. The van der Waals surface area contributed by atoms with Crippen molar-refractivity contribution in [3.63, 3.8) is 0 Å². The average Bonchev–Trinajstić information content (AvgIpc) is 2.79. The predicted octanol–water partition coefficient (Wildman–Crippen LogP) is 3.58. The number of halogens is 2. The third kappa shape index (κ3) is 5.46. The van der Waals surface area contributed by atoms with Gasteiger partial charge in [0.25, 0.3) is 5.91 Å². The van der Waals surface area contributed by atoms with Gasteiger partial charge in [0.2, 0.25) is 11.7 Å². The van der Waals surface area contributed by atoms with Gasteiger partial charge < -0.3 is 16.2 Å². The first-order chi connectivity index (χ1) is 15.7. The average molecular weight is 468 g/mol. The lowest BCUT2D eigenvalue weighted by Gasteiger charge is -2.18. The number of primary amides is 1. The summed E-state index contributed by atoms with van der Waals surface area (Å²) in [7, 11) is 0. The maximum Gasteiger partial charge on any atom is 0.335 e. The van der Waals surface area contributed by atoms with Crippen molar-refractivity contribution < 1.29 is 28.7 Å². The number of hydrogen-bond donors (Lipinski definition) is 3. The number of nitrogens with two attached hydrogens (primary N) is 1. The number of carboxylic acids is 1. The summed E-state index contributed by atoms with van der Waals surface area (Å²) >= 11 is 5.69. The number of fused-ring (bicyclic) bond motifs is 1. The van der Waals surface area contributed by atoms with Crippen LogP contribution in [0.15, 0.2) is 66.5 Å². The summed E-state index contributed by atoms with van der Waals surface area (Å²) in [6.45, 7) is 0. The molecule has 0 fully saturated rings. The Morgan fingerprint density at radius 3 is 2.42 bits per heavy atom. The van der Waals surface area contributed by atoms with Crippen LogP contribution in [-0.4, -0.2) is 33.7 Å². The smallest absolute Gasteiger partial charge is 0.335 e. The van der Waals surface area contributed by atoms with E-state index in [1.165, 1.54) is 42.6 Å². The van der Waals surface area contributed by atoms with Crippen LogP contribution in [-0.2, 0) is 4.79 Å². The van der Waals surface area contributed by atoms with E-state index in [1.54, 1.807) is 18.3 Å². The number of carbonyl (C=O) groups is 4. The standard InChI is InChI=1S/C17H9ClFNO4.C6H6N2O/c18-12-6-8(1-3-13(12)19)5-11-15(21)10-7-9(17(23)24)2-4-14(10)20-16(11)22;7-6(9)5-2-1-3-8-4-5/h1-7H,(H,20,22)(H,23,24);1-4H,(H2,7,9)/b11-5-;. The Balaban J connectivity index is 0.000000286. The van der Waals surface area contributed by atoms with Crippen molar-refractivity contribution in [2.45, 2.75) is 0 Å². The molecule has 1 aliphatic heterocycles. The van der Waals surface area contributed by atoms with E-state index >= 15 is 0 Å². The molecule has 4 N–H and O–H groups in total. The van der Waals surface area contributed by atoms with Crippen LogP contribution in [0.1, 0.15) is 36.6 Å². The molecule has 1 aromatic heterocycles. The van der Waals surface area contributed by atoms with Gasteiger partial charge in [-0.2, -0.15) is 0 Å². The molecule has 0 radical (unpaired) electrons. The summed E-state index contributed by atoms with van der Waals surface area (Å²) in [6.07, 6.45) is 4.30. The van der Waals surface area contributed by atoms with E-state index < -0.39 is 29.4 Å². The van der Waals surface area contributed by atoms with Gasteiger partial charge in [-0.25, -0.2) is 9.18 Å². The zero-order valence-electron chi connectivity index (χ0n) is 16.7. The van der Waals surface area contributed by atoms with Gasteiger partial charge in [0.15, 0.2) is 0 Å². The van der Waals surface area contributed by atoms with Crippen molar-refractivity contribution in [2.24, 2.45) is 5.73 Å². The molecule has 2 amide bonds. The quantitative estimate of drug-likeness (QED) is 0.397. The number of pyridine rings is 1. The van der Waals surface area contributed by atoms with E-state index in [4.69, 9.17) is 22.4 Å². The topological polar surface area (TPSA) is 139 Å². The van der Waals surface area contributed by atoms with Crippen LogP contribution < -0.4 is 11.1 Å². The Bertz CT molecular complexity index is 1310. The second-order valence-corrected chi connectivity index (χ2v) is 7.09. The molecule has 33 heavy (non-hydrogen) atoms. The monoisotopic (exact) mass is 467 g/mol. The minimum atomic E-state index is -1.18. The van der Waals surface area contributed by atoms with Gasteiger partial charge in [-0.05, 0) is 54.1 Å². The molecule has 2 heterocycles. The first-order valence-corrected chi connectivity index (χ1v) is 9.65. The fraction of sp³-hybridized carbons (Fsp3) is 0. The summed E-state index contributed by atoms with van der Waals surface area (Å²) in [5.41, 5.74) is 5.81. The zero-order valence-corrected chi connectivity index (χ0v) is 17.5. The molecule has 0 aliphatic carbocycles. The minimum Gasteiger partial charge on any atom is -0.478 e. The second kappa shape index (κ2) is 9.84. The van der Waals surface area contributed by atoms with E-state index in [1.807, 2.05) is 0 Å². The molecule has 0 bridgehead atoms. The van der Waals surface area contributed by atoms with Crippen LogP contribution in [0.2, 0.25) is 5.02 Å². The Morgan fingerprint density at radius 2 is 1.85 bits per heavy atom. The van der Waals surface area contributed by atoms with Crippen LogP contribution in [0, 0.1) is 5.82 Å². The maximum absolute atomic E-state index is 13.2. The van der Waals surface area contributed by atoms with Crippen molar-refractivity contribution in [1.29, 1.82) is 0 Å². The largest absolute Gasteiger partial charge is 0.478 e. The number of anilines is 1. The number of nitrogens with one attached hydrogen (secondary N) is 1. The maximum atomic E-state index is 13.2. The lowest BCUT2D eigenvalue weighted by molar-refractivity contribution is -0.112. The Hall–Kier alpha value is -4.37. The number of carbonyl (C=O) groups excluding carboxylic acids is 3. The summed E-state index contributed by atoms with van der Waals surface area (Å²) in [6, 6.07) is 10.9. The van der Waals surface area contributed by atoms with Crippen LogP contribution in [0.3, 0.4) is 0 Å². The first kappa shape index (κ1) is 23.3. The molecule has 0 atom stereocenters. The van der Waals surface area contributed by atoms with Crippen molar-refractivity contribution in [2.75, 3.05) is 5.32 Å². The number of carboxylic acid groups (broad SMARTS) is 1. The zero-order chi connectivity index (χ0) is 24.1. The number of amides is 2. The molecule has 8 nitrogen and oxygen atoms in total. The highest BCUT2D eigenvalue weighted by atomic mass is 35.5. The lowest BCUT2D eigenvalue weighted by atomic mass is 9.94. The molecule has 0 saturated heterocycles. The van der Waals surface area contributed by atoms with E-state index in [9.17, 15) is 23.6 Å². The molecule has 0 spiro atoms. The van der Waals surface area contributed by atoms with Gasteiger partial charge in [-0.1, -0.05) is 17.7 Å². The van der Waals surface area contributed by atoms with Crippen LogP contribution >= 0.6 is 11.6 Å². The van der Waals surface area contributed by atoms with Crippen molar-refractivity contribution in [3.05, 3.63) is 99.6 Å². The fourth-order valence-corrected chi connectivity index (χ4v) is 3.01. The summed E-state index contributed by atoms with van der Waals surface area (Å²) in [4.78, 5) is 49.8. The van der Waals surface area contributed by atoms with Crippen LogP contribution in [0.4, 0.5) is 10.1 Å². The number of benzene rings is 2. The normalized spacial score (nSPS) is 13.5. The fourth-order valence-electron chi connectivity index (χ4n) is 2.82. The number of Topliss-reactive ketones (excluding diaryl/α,β-unsaturated/α-hetero) is 1. The number of rotatable bonds is 3. The molecule has 0 unspecified atom stereocenters. The van der Waals surface area contributed by atoms with Crippen molar-refractivity contribution in [3.8, 4) is 0 Å². The third-order valence-corrected chi connectivity index (χ3v) is 4.74. The van der Waals surface area contributed by atoms with Crippen LogP contribution in [0.25, 0.3) is 6.08 Å². The Morgan fingerprint density at radius 1 is 1.09 bits per heavy atom. The molecule has 10 heteroatoms. The molecule has 166 valence electrons.